The van der Waals surface area contributed by atoms with Gasteiger partial charge >= 0.3 is 0 Å². The quantitative estimate of drug-likeness (QED) is 0.526. The van der Waals surface area contributed by atoms with Gasteiger partial charge in [0.2, 0.25) is 0 Å². The number of aromatic hydroxyl groups is 1. The smallest absolute Gasteiger partial charge is 0.266 e. The number of phenols is 1. The van der Waals surface area contributed by atoms with Gasteiger partial charge in [-0.2, -0.15) is 0 Å². The molecule has 1 aromatic carbocycles. The maximum atomic E-state index is 9.72. The first-order valence-corrected chi connectivity index (χ1v) is 8.76. The van der Waals surface area contributed by atoms with Crippen LogP contribution in [0.3, 0.4) is 0 Å². The molecule has 3 rings (SSSR count). The summed E-state index contributed by atoms with van der Waals surface area (Å²) >= 11 is 25.4. The summed E-state index contributed by atoms with van der Waals surface area (Å²) in [5.74, 6) is 0.622. The lowest BCUT2D eigenvalue weighted by Gasteiger charge is -2.24. The number of ether oxygens (including phenoxy) is 2. The van der Waals surface area contributed by atoms with E-state index < -0.39 is 3.25 Å². The highest BCUT2D eigenvalue weighted by molar-refractivity contribution is 6.83. The summed E-state index contributed by atoms with van der Waals surface area (Å²) in [6.07, 6.45) is 3.07. The first-order valence-electron chi connectivity index (χ1n) is 6.87. The minimum atomic E-state index is -1.61. The fourth-order valence-electron chi connectivity index (χ4n) is 2.17. The highest BCUT2D eigenvalue weighted by Gasteiger charge is 2.18. The molecule has 0 radical (unpaired) electrons. The van der Waals surface area contributed by atoms with E-state index in [0.29, 0.717) is 35.0 Å². The van der Waals surface area contributed by atoms with E-state index in [1.54, 1.807) is 12.1 Å². The molecule has 1 fully saturated rings. The Morgan fingerprint density at radius 3 is 2.38 bits per heavy atom. The Bertz CT molecular complexity index is 684. The molecule has 0 aliphatic carbocycles. The lowest BCUT2D eigenvalue weighted by molar-refractivity contribution is 0.0261. The van der Waals surface area contributed by atoms with Crippen LogP contribution in [0.1, 0.15) is 12.8 Å². The first kappa shape index (κ1) is 19.9. The van der Waals surface area contributed by atoms with Gasteiger partial charge < -0.3 is 14.6 Å². The van der Waals surface area contributed by atoms with Crippen LogP contribution in [0, 0.1) is 0 Å². The van der Waals surface area contributed by atoms with Gasteiger partial charge in [0.25, 0.3) is 3.25 Å². The molecule has 0 atom stereocenters. The topological polar surface area (TPSA) is 64.5 Å². The fourth-order valence-corrected chi connectivity index (χ4v) is 2.40. The second-order valence-corrected chi connectivity index (χ2v) is 8.65. The average Bonchev–Trinajstić information content (AvgIpc) is 2.46. The van der Waals surface area contributed by atoms with Crippen molar-refractivity contribution >= 4 is 68.9 Å². The van der Waals surface area contributed by atoms with Crippen molar-refractivity contribution in [2.24, 2.45) is 0 Å². The number of hydrogen-bond donors (Lipinski definition) is 1. The molecule has 2 aromatic rings. The van der Waals surface area contributed by atoms with Crippen molar-refractivity contribution in [3.05, 3.63) is 23.6 Å². The predicted molar refractivity (Wildman–Crippen MR) is 96.8 cm³/mol. The normalized spacial score (nSPS) is 15.7. The maximum Gasteiger partial charge on any atom is 0.266 e. The van der Waals surface area contributed by atoms with E-state index >= 15 is 0 Å². The van der Waals surface area contributed by atoms with E-state index in [1.807, 2.05) is 0 Å². The molecule has 1 saturated heterocycles. The average molecular weight is 435 g/mol. The highest BCUT2D eigenvalue weighted by atomic mass is 35.6. The molecule has 24 heavy (non-hydrogen) atoms. The standard InChI is InChI=1S/C13H13ClN2O3.CCl4/c14-13-12-10(15-7-16-13)5-8(17)6-11(12)19-9-1-3-18-4-2-9;2-1(3,4)5/h5-7,9,17H,1-4H2;. The molecule has 1 aliphatic heterocycles. The minimum absolute atomic E-state index is 0.0648. The molecule has 0 saturated carbocycles. The van der Waals surface area contributed by atoms with Crippen LogP contribution in [-0.2, 0) is 4.74 Å². The Balaban J connectivity index is 0.000000368. The van der Waals surface area contributed by atoms with Crippen LogP contribution in [0.5, 0.6) is 11.5 Å². The Morgan fingerprint density at radius 1 is 1.12 bits per heavy atom. The molecule has 1 N–H and O–H groups in total. The van der Waals surface area contributed by atoms with Gasteiger partial charge in [0, 0.05) is 25.0 Å². The number of aromatic nitrogens is 2. The SMILES string of the molecule is ClC(Cl)(Cl)Cl.Oc1cc(OC2CCOCC2)c2c(Cl)ncnc2c1. The van der Waals surface area contributed by atoms with Gasteiger partial charge in [-0.05, 0) is 0 Å². The summed E-state index contributed by atoms with van der Waals surface area (Å²) in [5, 5.41) is 10.7. The summed E-state index contributed by atoms with van der Waals surface area (Å²) in [4.78, 5) is 8.06. The van der Waals surface area contributed by atoms with Gasteiger partial charge in [-0.3, -0.25) is 0 Å². The van der Waals surface area contributed by atoms with Crippen molar-refractivity contribution in [2.75, 3.05) is 13.2 Å². The first-order chi connectivity index (χ1) is 11.2. The van der Waals surface area contributed by atoms with Crippen molar-refractivity contribution in [3.8, 4) is 11.5 Å². The Kier molecular flexibility index (Phi) is 7.28. The Hall–Kier alpha value is -0.430. The molecule has 2 heterocycles. The molecule has 0 bridgehead atoms. The van der Waals surface area contributed by atoms with E-state index in [0.717, 1.165) is 12.8 Å². The lowest BCUT2D eigenvalue weighted by atomic mass is 10.1. The Labute approximate surface area is 163 Å². The van der Waals surface area contributed by atoms with Gasteiger partial charge in [0.05, 0.1) is 24.1 Å². The number of halogens is 5. The predicted octanol–water partition coefficient (Wildman–Crippen LogP) is 5.10. The fraction of sp³-hybridized carbons (Fsp3) is 0.429. The van der Waals surface area contributed by atoms with Crippen LogP contribution < -0.4 is 4.74 Å². The molecular formula is C14H13Cl5N2O3. The van der Waals surface area contributed by atoms with Gasteiger partial charge in [0.1, 0.15) is 29.1 Å². The molecule has 1 aliphatic rings. The van der Waals surface area contributed by atoms with Gasteiger partial charge in [-0.15, -0.1) is 0 Å². The lowest BCUT2D eigenvalue weighted by Crippen LogP contribution is -2.26. The third-order valence-corrected chi connectivity index (χ3v) is 3.39. The van der Waals surface area contributed by atoms with E-state index in [9.17, 15) is 5.11 Å². The van der Waals surface area contributed by atoms with Crippen LogP contribution in [-0.4, -0.2) is 37.6 Å². The maximum absolute atomic E-state index is 9.72. The van der Waals surface area contributed by atoms with Crippen LogP contribution in [0.15, 0.2) is 18.5 Å². The van der Waals surface area contributed by atoms with Gasteiger partial charge in [-0.1, -0.05) is 58.0 Å². The van der Waals surface area contributed by atoms with Crippen LogP contribution in [0.4, 0.5) is 0 Å². The zero-order valence-corrected chi connectivity index (χ0v) is 16.0. The van der Waals surface area contributed by atoms with Gasteiger partial charge in [-0.25, -0.2) is 9.97 Å². The van der Waals surface area contributed by atoms with Gasteiger partial charge in [0.15, 0.2) is 0 Å². The third kappa shape index (κ3) is 6.47. The summed E-state index contributed by atoms with van der Waals surface area (Å²) in [6, 6.07) is 3.09. The monoisotopic (exact) mass is 432 g/mol. The largest absolute Gasteiger partial charge is 0.508 e. The van der Waals surface area contributed by atoms with Crippen molar-refractivity contribution in [1.29, 1.82) is 0 Å². The molecular weight excluding hydrogens is 421 g/mol. The minimum Gasteiger partial charge on any atom is -0.508 e. The number of nitrogens with zero attached hydrogens (tertiary/aromatic N) is 2. The van der Waals surface area contributed by atoms with Crippen LogP contribution >= 0.6 is 58.0 Å². The third-order valence-electron chi connectivity index (χ3n) is 3.10. The number of phenolic OH excluding ortho intramolecular Hbond substituents is 1. The number of hydrogen-bond acceptors (Lipinski definition) is 5. The zero-order valence-electron chi connectivity index (χ0n) is 12.2. The van der Waals surface area contributed by atoms with Crippen LogP contribution in [0.2, 0.25) is 5.15 Å². The van der Waals surface area contributed by atoms with E-state index in [1.165, 1.54) is 6.33 Å². The number of fused-ring (bicyclic) bond motifs is 1. The molecule has 0 unspecified atom stereocenters. The molecule has 1 aromatic heterocycles. The summed E-state index contributed by atoms with van der Waals surface area (Å²) in [6.45, 7) is 1.37. The molecule has 132 valence electrons. The number of rotatable bonds is 2. The van der Waals surface area contributed by atoms with E-state index in [2.05, 4.69) is 9.97 Å². The highest BCUT2D eigenvalue weighted by Crippen LogP contribution is 2.34. The Morgan fingerprint density at radius 2 is 1.75 bits per heavy atom. The number of alkyl halides is 4. The van der Waals surface area contributed by atoms with Crippen molar-refractivity contribution < 1.29 is 14.6 Å². The second-order valence-electron chi connectivity index (χ2n) is 4.86. The molecule has 5 nitrogen and oxygen atoms in total. The van der Waals surface area contributed by atoms with Crippen molar-refractivity contribution in [3.63, 3.8) is 0 Å². The summed E-state index contributed by atoms with van der Waals surface area (Å²) < 4.78 is 9.61. The van der Waals surface area contributed by atoms with Crippen molar-refractivity contribution in [1.82, 2.24) is 9.97 Å². The number of benzene rings is 1. The zero-order chi connectivity index (χ0) is 17.7. The molecule has 0 spiro atoms. The van der Waals surface area contributed by atoms with E-state index in [-0.39, 0.29) is 11.9 Å². The summed E-state index contributed by atoms with van der Waals surface area (Å²) in [7, 11) is 0. The molecule has 0 amide bonds. The van der Waals surface area contributed by atoms with Crippen LogP contribution in [0.25, 0.3) is 10.9 Å². The summed E-state index contributed by atoms with van der Waals surface area (Å²) in [5.41, 5.74) is 0.571. The van der Waals surface area contributed by atoms with Crippen molar-refractivity contribution in [2.45, 2.75) is 22.2 Å². The second kappa shape index (κ2) is 8.79. The van der Waals surface area contributed by atoms with E-state index in [4.69, 9.17) is 67.5 Å². The molecule has 10 heteroatoms.